The molecule has 0 amide bonds. The summed E-state index contributed by atoms with van der Waals surface area (Å²) in [5.41, 5.74) is 1.57. The van der Waals surface area contributed by atoms with Crippen LogP contribution < -0.4 is 4.90 Å². The Morgan fingerprint density at radius 3 is 2.74 bits per heavy atom. The number of benzene rings is 1. The Bertz CT molecular complexity index is 687. The molecule has 0 saturated carbocycles. The van der Waals surface area contributed by atoms with E-state index in [-0.39, 0.29) is 23.1 Å². The zero-order chi connectivity index (χ0) is 16.6. The van der Waals surface area contributed by atoms with E-state index in [0.29, 0.717) is 16.5 Å². The predicted molar refractivity (Wildman–Crippen MR) is 90.9 cm³/mol. The van der Waals surface area contributed by atoms with Gasteiger partial charge in [0.15, 0.2) is 5.78 Å². The van der Waals surface area contributed by atoms with Crippen molar-refractivity contribution in [2.75, 3.05) is 32.1 Å². The van der Waals surface area contributed by atoms with Gasteiger partial charge in [-0.25, -0.2) is 4.39 Å². The van der Waals surface area contributed by atoms with Gasteiger partial charge in [-0.05, 0) is 56.6 Å². The molecular weight excluding hydrogens is 315 g/mol. The van der Waals surface area contributed by atoms with Crippen LogP contribution in [0.4, 0.5) is 10.1 Å². The minimum absolute atomic E-state index is 0.0619. The van der Waals surface area contributed by atoms with Crippen LogP contribution in [0.2, 0.25) is 0 Å². The Morgan fingerprint density at radius 2 is 2.13 bits per heavy atom. The highest BCUT2D eigenvalue weighted by atomic mass is 32.2. The van der Waals surface area contributed by atoms with Crippen molar-refractivity contribution in [3.8, 4) is 0 Å². The van der Waals surface area contributed by atoms with Crippen molar-refractivity contribution in [3.05, 3.63) is 34.5 Å². The van der Waals surface area contributed by atoms with Crippen molar-refractivity contribution >= 4 is 34.4 Å². The molecule has 3 rings (SSSR count). The summed E-state index contributed by atoms with van der Waals surface area (Å²) in [5.74, 6) is -0.520. The maximum Gasteiger partial charge on any atom is 0.201 e. The minimum atomic E-state index is -0.342. The van der Waals surface area contributed by atoms with Crippen molar-refractivity contribution < 1.29 is 14.0 Å². The van der Waals surface area contributed by atoms with Gasteiger partial charge in [-0.1, -0.05) is 0 Å². The average molecular weight is 334 g/mol. The molecule has 0 radical (unpaired) electrons. The summed E-state index contributed by atoms with van der Waals surface area (Å²) in [4.78, 5) is 28.0. The number of nitrogens with zero attached hydrogens (tertiary/aromatic N) is 2. The third-order valence-corrected chi connectivity index (χ3v) is 5.25. The van der Waals surface area contributed by atoms with Crippen LogP contribution in [0.1, 0.15) is 18.4 Å². The summed E-state index contributed by atoms with van der Waals surface area (Å²) in [6.45, 7) is 1.76. The van der Waals surface area contributed by atoms with Crippen molar-refractivity contribution in [2.24, 2.45) is 0 Å². The number of likely N-dealkylation sites (N-methyl/N-ethyl adjacent to an activating group) is 1. The lowest BCUT2D eigenvalue weighted by molar-refractivity contribution is -0.119. The maximum atomic E-state index is 13.7. The van der Waals surface area contributed by atoms with Crippen LogP contribution >= 0.6 is 11.8 Å². The van der Waals surface area contributed by atoms with E-state index in [1.54, 1.807) is 12.1 Å². The molecule has 0 bridgehead atoms. The molecule has 6 heteroatoms. The van der Waals surface area contributed by atoms with Crippen LogP contribution in [0.25, 0.3) is 6.08 Å². The molecule has 0 aromatic heterocycles. The highest BCUT2D eigenvalue weighted by Crippen LogP contribution is 2.34. The van der Waals surface area contributed by atoms with E-state index in [4.69, 9.17) is 0 Å². The molecule has 2 saturated heterocycles. The summed E-state index contributed by atoms with van der Waals surface area (Å²) in [6, 6.07) is 5.09. The molecule has 1 aromatic rings. The van der Waals surface area contributed by atoms with Crippen LogP contribution in [-0.4, -0.2) is 49.0 Å². The zero-order valence-electron chi connectivity index (χ0n) is 13.2. The summed E-state index contributed by atoms with van der Waals surface area (Å²) in [7, 11) is 4.11. The molecule has 122 valence electrons. The fourth-order valence-electron chi connectivity index (χ4n) is 3.00. The second-order valence-corrected chi connectivity index (χ2v) is 7.24. The van der Waals surface area contributed by atoms with E-state index in [9.17, 15) is 14.0 Å². The van der Waals surface area contributed by atoms with Gasteiger partial charge in [0.2, 0.25) is 5.12 Å². The summed E-state index contributed by atoms with van der Waals surface area (Å²) in [5, 5.41) is -0.145. The van der Waals surface area contributed by atoms with Gasteiger partial charge < -0.3 is 9.80 Å². The SMILES string of the molecule is CN(C)[C@H]1CCN(c2ccc(F)cc2C=C2SC(=O)CC2=O)C1. The van der Waals surface area contributed by atoms with Gasteiger partial charge in [-0.2, -0.15) is 0 Å². The molecule has 0 spiro atoms. The first-order valence-electron chi connectivity index (χ1n) is 7.60. The van der Waals surface area contributed by atoms with Crippen LogP contribution in [-0.2, 0) is 9.59 Å². The average Bonchev–Trinajstić information content (AvgIpc) is 3.07. The topological polar surface area (TPSA) is 40.6 Å². The Hall–Kier alpha value is -1.66. The van der Waals surface area contributed by atoms with Gasteiger partial charge in [0.1, 0.15) is 5.82 Å². The van der Waals surface area contributed by atoms with E-state index in [2.05, 4.69) is 23.9 Å². The third kappa shape index (κ3) is 3.48. The molecule has 0 N–H and O–H groups in total. The maximum absolute atomic E-state index is 13.7. The number of hydrogen-bond donors (Lipinski definition) is 0. The molecule has 2 aliphatic heterocycles. The number of ketones is 1. The Labute approximate surface area is 139 Å². The van der Waals surface area contributed by atoms with Crippen LogP contribution in [0, 0.1) is 5.82 Å². The summed E-state index contributed by atoms with van der Waals surface area (Å²) in [6.07, 6.45) is 2.64. The third-order valence-electron chi connectivity index (χ3n) is 4.31. The Morgan fingerprint density at radius 1 is 1.35 bits per heavy atom. The standard InChI is InChI=1S/C17H19FN2O2S/c1-19(2)13-5-6-20(10-13)14-4-3-12(18)7-11(14)8-16-15(21)9-17(22)23-16/h3-4,7-8,13H,5-6,9-10H2,1-2H3/t13-/m0/s1. The molecular formula is C17H19FN2O2S. The first kappa shape index (κ1) is 16.2. The monoisotopic (exact) mass is 334 g/mol. The molecule has 2 fully saturated rings. The molecule has 2 aliphatic rings. The molecule has 1 aromatic carbocycles. The lowest BCUT2D eigenvalue weighted by atomic mass is 10.1. The van der Waals surface area contributed by atoms with Gasteiger partial charge in [-0.3, -0.25) is 9.59 Å². The normalized spacial score (nSPS) is 23.6. The second-order valence-electron chi connectivity index (χ2n) is 6.14. The number of carbonyl (C=O) groups excluding carboxylic acids is 2. The Balaban J connectivity index is 1.92. The van der Waals surface area contributed by atoms with Gasteiger partial charge in [-0.15, -0.1) is 0 Å². The van der Waals surface area contributed by atoms with Crippen LogP contribution in [0.15, 0.2) is 23.1 Å². The quantitative estimate of drug-likeness (QED) is 0.628. The lowest BCUT2D eigenvalue weighted by Crippen LogP contribution is -2.31. The molecule has 23 heavy (non-hydrogen) atoms. The second kappa shape index (κ2) is 6.45. The number of Topliss-reactive ketones (excluding diaryl/α,β-unsaturated/α-hetero) is 1. The van der Waals surface area contributed by atoms with E-state index < -0.39 is 0 Å². The van der Waals surface area contributed by atoms with Gasteiger partial charge in [0.05, 0.1) is 11.3 Å². The number of anilines is 1. The summed E-state index contributed by atoms with van der Waals surface area (Å²) < 4.78 is 13.7. The fraction of sp³-hybridized carbons (Fsp3) is 0.412. The lowest BCUT2D eigenvalue weighted by Gasteiger charge is -2.23. The van der Waals surface area contributed by atoms with Crippen molar-refractivity contribution in [1.82, 2.24) is 4.90 Å². The van der Waals surface area contributed by atoms with E-state index in [1.165, 1.54) is 12.1 Å². The fourth-order valence-corrected chi connectivity index (χ4v) is 3.82. The first-order valence-corrected chi connectivity index (χ1v) is 8.42. The number of rotatable bonds is 3. The molecule has 0 unspecified atom stereocenters. The summed E-state index contributed by atoms with van der Waals surface area (Å²) >= 11 is 0.954. The predicted octanol–water partition coefficient (Wildman–Crippen LogP) is 2.54. The van der Waals surface area contributed by atoms with Crippen molar-refractivity contribution in [2.45, 2.75) is 18.9 Å². The zero-order valence-corrected chi connectivity index (χ0v) is 14.0. The number of carbonyl (C=O) groups is 2. The first-order chi connectivity index (χ1) is 10.9. The van der Waals surface area contributed by atoms with Crippen LogP contribution in [0.5, 0.6) is 0 Å². The molecule has 4 nitrogen and oxygen atoms in total. The van der Waals surface area contributed by atoms with E-state index in [1.807, 2.05) is 0 Å². The van der Waals surface area contributed by atoms with E-state index in [0.717, 1.165) is 37.0 Å². The van der Waals surface area contributed by atoms with Crippen LogP contribution in [0.3, 0.4) is 0 Å². The highest BCUT2D eigenvalue weighted by Gasteiger charge is 2.28. The van der Waals surface area contributed by atoms with Crippen molar-refractivity contribution in [3.63, 3.8) is 0 Å². The number of thioether (sulfide) groups is 1. The number of allylic oxidation sites excluding steroid dienone is 1. The van der Waals surface area contributed by atoms with Crippen molar-refractivity contribution in [1.29, 1.82) is 0 Å². The smallest absolute Gasteiger partial charge is 0.201 e. The van der Waals surface area contributed by atoms with E-state index >= 15 is 0 Å². The van der Waals surface area contributed by atoms with Gasteiger partial charge >= 0.3 is 0 Å². The molecule has 0 aliphatic carbocycles. The highest BCUT2D eigenvalue weighted by molar-refractivity contribution is 8.18. The minimum Gasteiger partial charge on any atom is -0.369 e. The Kier molecular flexibility index (Phi) is 4.55. The number of hydrogen-bond acceptors (Lipinski definition) is 5. The van der Waals surface area contributed by atoms with Gasteiger partial charge in [0, 0.05) is 30.4 Å². The number of halogens is 1. The molecule has 1 atom stereocenters. The molecule has 2 heterocycles. The van der Waals surface area contributed by atoms with Gasteiger partial charge in [0.25, 0.3) is 0 Å². The largest absolute Gasteiger partial charge is 0.369 e.